The highest BCUT2D eigenvalue weighted by atomic mass is 35.5. The molecule has 2 N–H and O–H groups in total. The van der Waals surface area contributed by atoms with E-state index in [2.05, 4.69) is 19.9 Å². The molecule has 4 rings (SSSR count). The minimum absolute atomic E-state index is 0.285. The van der Waals surface area contributed by atoms with Crippen LogP contribution in [0.4, 0.5) is 11.6 Å². The lowest BCUT2D eigenvalue weighted by Gasteiger charge is -2.25. The van der Waals surface area contributed by atoms with E-state index in [0.29, 0.717) is 39.6 Å². The normalized spacial score (nSPS) is 11.6. The van der Waals surface area contributed by atoms with Gasteiger partial charge in [-0.05, 0) is 53.5 Å². The molecule has 0 radical (unpaired) electrons. The van der Waals surface area contributed by atoms with Crippen LogP contribution in [-0.2, 0) is 0 Å². The fourth-order valence-corrected chi connectivity index (χ4v) is 3.98. The van der Waals surface area contributed by atoms with E-state index in [9.17, 15) is 10.1 Å². The van der Waals surface area contributed by atoms with Gasteiger partial charge >= 0.3 is 0 Å². The summed E-state index contributed by atoms with van der Waals surface area (Å²) in [6, 6.07) is 24.6. The summed E-state index contributed by atoms with van der Waals surface area (Å²) in [6.45, 7) is 4.80. The largest absolute Gasteiger partial charge is 0.439 e. The third-order valence-electron chi connectivity index (χ3n) is 5.41. The average Bonchev–Trinajstić information content (AvgIpc) is 3.22. The Morgan fingerprint density at radius 3 is 2.38 bits per heavy atom. The topological polar surface area (TPSA) is 83.3 Å². The Morgan fingerprint density at radius 2 is 1.76 bits per heavy atom. The number of halogens is 1. The molecule has 1 heterocycles. The van der Waals surface area contributed by atoms with E-state index in [0.717, 1.165) is 16.8 Å². The molecule has 0 saturated carbocycles. The maximum atomic E-state index is 12.4. The molecule has 0 spiro atoms. The molecule has 0 aliphatic rings. The number of amides is 1. The van der Waals surface area contributed by atoms with Gasteiger partial charge in [0, 0.05) is 22.6 Å². The van der Waals surface area contributed by atoms with Gasteiger partial charge in [-0.2, -0.15) is 5.26 Å². The summed E-state index contributed by atoms with van der Waals surface area (Å²) < 4.78 is 6.12. The number of nitriles is 1. The van der Waals surface area contributed by atoms with Gasteiger partial charge < -0.3 is 15.1 Å². The van der Waals surface area contributed by atoms with Crippen LogP contribution in [0.2, 0.25) is 5.02 Å². The van der Waals surface area contributed by atoms with Crippen LogP contribution in [0.1, 0.15) is 35.3 Å². The van der Waals surface area contributed by atoms with Crippen LogP contribution in [0, 0.1) is 17.2 Å². The number of allylic oxidation sites excluding steroid dienone is 1. The molecule has 0 fully saturated rings. The van der Waals surface area contributed by atoms with Crippen molar-refractivity contribution in [3.63, 3.8) is 0 Å². The number of carbonyl (C=O) groups is 1. The van der Waals surface area contributed by atoms with E-state index < -0.39 is 5.91 Å². The number of benzene rings is 3. The Morgan fingerprint density at radius 1 is 1.09 bits per heavy atom. The summed E-state index contributed by atoms with van der Waals surface area (Å²) in [5.41, 5.74) is 9.77. The second-order valence-corrected chi connectivity index (χ2v) is 8.85. The molecule has 3 aromatic carbocycles. The summed E-state index contributed by atoms with van der Waals surface area (Å²) in [6.07, 6.45) is 1.82. The first-order valence-electron chi connectivity index (χ1n) is 10.9. The number of nitrogens with zero attached hydrogens (tertiary/aromatic N) is 2. The number of hydrogen-bond acceptors (Lipinski definition) is 4. The molecule has 0 aliphatic heterocycles. The maximum Gasteiger partial charge on any atom is 0.254 e. The molecule has 6 heteroatoms. The minimum Gasteiger partial charge on any atom is -0.439 e. The fraction of sp³-hybridized carbons (Fsp3) is 0.143. The molecule has 5 nitrogen and oxygen atoms in total. The van der Waals surface area contributed by atoms with E-state index in [-0.39, 0.29) is 5.92 Å². The van der Waals surface area contributed by atoms with Gasteiger partial charge in [-0.25, -0.2) is 0 Å². The van der Waals surface area contributed by atoms with Gasteiger partial charge in [0.15, 0.2) is 0 Å². The van der Waals surface area contributed by atoms with Gasteiger partial charge in [0.05, 0.1) is 11.6 Å². The Balaban J connectivity index is 1.75. The number of hydrogen-bond donors (Lipinski definition) is 1. The number of fused-ring (bicyclic) bond motifs is 1. The zero-order chi connectivity index (χ0) is 24.2. The molecule has 0 aliphatic carbocycles. The van der Waals surface area contributed by atoms with E-state index in [4.69, 9.17) is 21.8 Å². The number of primary amides is 1. The summed E-state index contributed by atoms with van der Waals surface area (Å²) in [5.74, 6) is 0.170. The van der Waals surface area contributed by atoms with Crippen LogP contribution in [0.5, 0.6) is 0 Å². The van der Waals surface area contributed by atoms with Crippen molar-refractivity contribution in [1.82, 2.24) is 0 Å². The van der Waals surface area contributed by atoms with Crippen molar-refractivity contribution >= 4 is 51.7 Å². The molecule has 0 unspecified atom stereocenters. The maximum absolute atomic E-state index is 12.4. The van der Waals surface area contributed by atoms with Gasteiger partial charge in [-0.3, -0.25) is 4.79 Å². The summed E-state index contributed by atoms with van der Waals surface area (Å²) in [5, 5.41) is 11.1. The fourth-order valence-electron chi connectivity index (χ4n) is 3.86. The van der Waals surface area contributed by atoms with Crippen molar-refractivity contribution < 1.29 is 9.21 Å². The van der Waals surface area contributed by atoms with E-state index in [1.54, 1.807) is 12.1 Å². The summed E-state index contributed by atoms with van der Waals surface area (Å²) in [4.78, 5) is 14.3. The highest BCUT2D eigenvalue weighted by molar-refractivity contribution is 6.30. The second-order valence-electron chi connectivity index (χ2n) is 8.42. The van der Waals surface area contributed by atoms with Gasteiger partial charge in [0.2, 0.25) is 5.88 Å². The van der Waals surface area contributed by atoms with Crippen molar-refractivity contribution in [3.05, 3.63) is 94.5 Å². The summed E-state index contributed by atoms with van der Waals surface area (Å²) in [7, 11) is 0. The molecule has 170 valence electrons. The van der Waals surface area contributed by atoms with Crippen LogP contribution in [0.15, 0.2) is 77.2 Å². The molecule has 4 aromatic rings. The van der Waals surface area contributed by atoms with Crippen molar-refractivity contribution in [1.29, 1.82) is 5.26 Å². The van der Waals surface area contributed by atoms with Gasteiger partial charge in [0.25, 0.3) is 5.91 Å². The highest BCUT2D eigenvalue weighted by Gasteiger charge is 2.25. The van der Waals surface area contributed by atoms with Gasteiger partial charge in [-0.15, -0.1) is 0 Å². The van der Waals surface area contributed by atoms with E-state index >= 15 is 0 Å². The Hall–Kier alpha value is -4.01. The van der Waals surface area contributed by atoms with Gasteiger partial charge in [0.1, 0.15) is 11.1 Å². The minimum atomic E-state index is -0.539. The SMILES string of the molecule is CC(C)CN(c1ccc(/C(C#N)=C/c2ccc(Cl)cc2)cc1)c1oc2ccccc2c1C(N)=O. The highest BCUT2D eigenvalue weighted by Crippen LogP contribution is 2.37. The first-order chi connectivity index (χ1) is 16.4. The zero-order valence-corrected chi connectivity index (χ0v) is 19.7. The number of anilines is 2. The van der Waals surface area contributed by atoms with Crippen molar-refractivity contribution in [2.45, 2.75) is 13.8 Å². The molecule has 0 bridgehead atoms. The first kappa shape index (κ1) is 23.2. The van der Waals surface area contributed by atoms with Gasteiger partial charge in [-0.1, -0.05) is 67.9 Å². The molecule has 34 heavy (non-hydrogen) atoms. The predicted molar refractivity (Wildman–Crippen MR) is 138 cm³/mol. The molecular weight excluding hydrogens is 446 g/mol. The van der Waals surface area contributed by atoms with E-state index in [1.807, 2.05) is 71.6 Å². The number of rotatable bonds is 7. The molecule has 0 saturated heterocycles. The lowest BCUT2D eigenvalue weighted by atomic mass is 10.0. The molecular formula is C28H24ClN3O2. The Kier molecular flexibility index (Phi) is 6.72. The summed E-state index contributed by atoms with van der Waals surface area (Å²) >= 11 is 5.96. The number of furan rings is 1. The van der Waals surface area contributed by atoms with Crippen LogP contribution in [0.3, 0.4) is 0 Å². The third kappa shape index (κ3) is 4.83. The van der Waals surface area contributed by atoms with Crippen LogP contribution in [0.25, 0.3) is 22.6 Å². The van der Waals surface area contributed by atoms with Crippen molar-refractivity contribution in [2.24, 2.45) is 11.7 Å². The van der Waals surface area contributed by atoms with E-state index in [1.165, 1.54) is 0 Å². The lowest BCUT2D eigenvalue weighted by Crippen LogP contribution is -2.25. The predicted octanol–water partition coefficient (Wildman–Crippen LogP) is 7.04. The van der Waals surface area contributed by atoms with Crippen LogP contribution < -0.4 is 10.6 Å². The Labute approximate surface area is 203 Å². The quantitative estimate of drug-likeness (QED) is 0.232. The van der Waals surface area contributed by atoms with Crippen LogP contribution >= 0.6 is 11.6 Å². The Bertz CT molecular complexity index is 1390. The molecule has 1 aromatic heterocycles. The smallest absolute Gasteiger partial charge is 0.254 e. The standard InChI is InChI=1S/C28H24ClN3O2/c1-18(2)17-32(28-26(27(31)33)24-5-3-4-6-25(24)34-28)23-13-9-20(10-14-23)21(16-30)15-19-7-11-22(29)12-8-19/h3-15,18H,17H2,1-2H3,(H2,31,33)/b21-15+. The van der Waals surface area contributed by atoms with Crippen LogP contribution in [-0.4, -0.2) is 12.5 Å². The molecule has 1 amide bonds. The number of para-hydroxylation sites is 1. The number of nitrogens with two attached hydrogens (primary N) is 1. The lowest BCUT2D eigenvalue weighted by molar-refractivity contribution is 0.100. The monoisotopic (exact) mass is 469 g/mol. The van der Waals surface area contributed by atoms with Crippen molar-refractivity contribution in [3.8, 4) is 6.07 Å². The first-order valence-corrected chi connectivity index (χ1v) is 11.3. The molecule has 0 atom stereocenters. The number of carbonyl (C=O) groups excluding carboxylic acids is 1. The second kappa shape index (κ2) is 9.86. The average molecular weight is 470 g/mol. The van der Waals surface area contributed by atoms with Crippen molar-refractivity contribution in [2.75, 3.05) is 11.4 Å². The third-order valence-corrected chi connectivity index (χ3v) is 5.66. The zero-order valence-electron chi connectivity index (χ0n) is 19.0.